The molecule has 0 saturated carbocycles. The quantitative estimate of drug-likeness (QED) is 0.792. The smallest absolute Gasteiger partial charge is 0.328 e. The number of esters is 1. The van der Waals surface area contributed by atoms with E-state index in [4.69, 9.17) is 4.74 Å². The minimum atomic E-state index is -0.515. The summed E-state index contributed by atoms with van der Waals surface area (Å²) in [6.07, 6.45) is 0.605. The Labute approximate surface area is 127 Å². The maximum atomic E-state index is 12.5. The fraction of sp³-hybridized carbons (Fsp3) is 0.467. The fourth-order valence-corrected chi connectivity index (χ4v) is 2.91. The first kappa shape index (κ1) is 15.0. The van der Waals surface area contributed by atoms with Crippen LogP contribution in [-0.4, -0.2) is 29.9 Å². The molecule has 20 heavy (non-hydrogen) atoms. The Bertz CT molecular complexity index is 542. The largest absolute Gasteiger partial charge is 0.467 e. The van der Waals surface area contributed by atoms with Crippen molar-refractivity contribution in [2.75, 3.05) is 7.11 Å². The lowest BCUT2D eigenvalue weighted by molar-refractivity contribution is -0.146. The van der Waals surface area contributed by atoms with Crippen LogP contribution in [0.3, 0.4) is 0 Å². The van der Waals surface area contributed by atoms with E-state index in [0.29, 0.717) is 24.4 Å². The van der Waals surface area contributed by atoms with E-state index >= 15 is 0 Å². The van der Waals surface area contributed by atoms with E-state index < -0.39 is 6.04 Å². The molecule has 4 nitrogen and oxygen atoms in total. The molecule has 1 atom stereocenters. The van der Waals surface area contributed by atoms with E-state index in [1.54, 1.807) is 11.0 Å². The van der Waals surface area contributed by atoms with Gasteiger partial charge in [-0.2, -0.15) is 0 Å². The highest BCUT2D eigenvalue weighted by Crippen LogP contribution is 2.29. The van der Waals surface area contributed by atoms with Crippen LogP contribution in [0.2, 0.25) is 0 Å². The summed E-state index contributed by atoms with van der Waals surface area (Å²) in [5.74, 6) is -0.134. The SMILES string of the molecule is COC(=O)C(CC(C)C)N1Cc2cc(Br)ccc2C1=O. The Kier molecular flexibility index (Phi) is 4.48. The van der Waals surface area contributed by atoms with Gasteiger partial charge in [-0.25, -0.2) is 4.79 Å². The average Bonchev–Trinajstić information content (AvgIpc) is 2.71. The molecule has 1 unspecified atom stereocenters. The number of rotatable bonds is 4. The molecule has 1 heterocycles. The maximum absolute atomic E-state index is 12.5. The average molecular weight is 340 g/mol. The van der Waals surface area contributed by atoms with Crippen LogP contribution >= 0.6 is 15.9 Å². The third-order valence-electron chi connectivity index (χ3n) is 3.44. The van der Waals surface area contributed by atoms with Gasteiger partial charge in [0.2, 0.25) is 0 Å². The highest BCUT2D eigenvalue weighted by molar-refractivity contribution is 9.10. The van der Waals surface area contributed by atoms with E-state index in [2.05, 4.69) is 15.9 Å². The van der Waals surface area contributed by atoms with Crippen LogP contribution in [0.4, 0.5) is 0 Å². The number of amides is 1. The molecule has 108 valence electrons. The molecule has 1 aliphatic heterocycles. The van der Waals surface area contributed by atoms with E-state index in [-0.39, 0.29) is 11.9 Å². The second kappa shape index (κ2) is 5.95. The summed E-state index contributed by atoms with van der Waals surface area (Å²) < 4.78 is 5.79. The molecule has 0 radical (unpaired) electrons. The summed E-state index contributed by atoms with van der Waals surface area (Å²) in [6.45, 7) is 4.51. The Morgan fingerprint density at radius 2 is 2.15 bits per heavy atom. The molecule has 2 rings (SSSR count). The number of benzene rings is 1. The number of ether oxygens (including phenoxy) is 1. The predicted octanol–water partition coefficient (Wildman–Crippen LogP) is 2.99. The van der Waals surface area contributed by atoms with E-state index in [1.807, 2.05) is 26.0 Å². The van der Waals surface area contributed by atoms with E-state index in [1.165, 1.54) is 7.11 Å². The number of hydrogen-bond acceptors (Lipinski definition) is 3. The van der Waals surface area contributed by atoms with Gasteiger partial charge in [0.25, 0.3) is 5.91 Å². The van der Waals surface area contributed by atoms with Crippen molar-refractivity contribution in [1.29, 1.82) is 0 Å². The van der Waals surface area contributed by atoms with Gasteiger partial charge in [-0.1, -0.05) is 29.8 Å². The van der Waals surface area contributed by atoms with Gasteiger partial charge in [0, 0.05) is 16.6 Å². The normalized spacial score (nSPS) is 15.4. The Balaban J connectivity index is 2.29. The van der Waals surface area contributed by atoms with Gasteiger partial charge in [0.15, 0.2) is 0 Å². The minimum Gasteiger partial charge on any atom is -0.467 e. The van der Waals surface area contributed by atoms with E-state index in [9.17, 15) is 9.59 Å². The molecule has 0 bridgehead atoms. The van der Waals surface area contributed by atoms with Crippen LogP contribution in [0.5, 0.6) is 0 Å². The molecule has 0 aromatic heterocycles. The summed E-state index contributed by atoms with van der Waals surface area (Å²) in [6, 6.07) is 5.05. The molecular weight excluding hydrogens is 322 g/mol. The number of halogens is 1. The zero-order valence-electron chi connectivity index (χ0n) is 11.9. The Morgan fingerprint density at radius 3 is 2.75 bits per heavy atom. The van der Waals surface area contributed by atoms with Gasteiger partial charge in [-0.3, -0.25) is 4.79 Å². The van der Waals surface area contributed by atoms with Crippen molar-refractivity contribution in [3.05, 3.63) is 33.8 Å². The van der Waals surface area contributed by atoms with E-state index in [0.717, 1.165) is 10.0 Å². The van der Waals surface area contributed by atoms with Crippen LogP contribution in [0.1, 0.15) is 36.2 Å². The van der Waals surface area contributed by atoms with Gasteiger partial charge in [-0.05, 0) is 36.1 Å². The van der Waals surface area contributed by atoms with Gasteiger partial charge in [-0.15, -0.1) is 0 Å². The third-order valence-corrected chi connectivity index (χ3v) is 3.94. The second-order valence-corrected chi connectivity index (χ2v) is 6.32. The number of methoxy groups -OCH3 is 1. The lowest BCUT2D eigenvalue weighted by Gasteiger charge is -2.26. The van der Waals surface area contributed by atoms with Crippen molar-refractivity contribution in [3.63, 3.8) is 0 Å². The molecule has 1 aromatic rings. The number of hydrogen-bond donors (Lipinski definition) is 0. The monoisotopic (exact) mass is 339 g/mol. The lowest BCUT2D eigenvalue weighted by atomic mass is 10.0. The molecule has 0 saturated heterocycles. The minimum absolute atomic E-state index is 0.0939. The summed E-state index contributed by atoms with van der Waals surface area (Å²) in [5, 5.41) is 0. The summed E-state index contributed by atoms with van der Waals surface area (Å²) in [4.78, 5) is 26.0. The third kappa shape index (κ3) is 2.87. The molecule has 0 N–H and O–H groups in total. The molecule has 0 spiro atoms. The molecule has 5 heteroatoms. The molecule has 0 aliphatic carbocycles. The zero-order chi connectivity index (χ0) is 14.9. The molecular formula is C15H18BrNO3. The zero-order valence-corrected chi connectivity index (χ0v) is 13.4. The lowest BCUT2D eigenvalue weighted by Crippen LogP contribution is -2.42. The molecule has 1 aliphatic rings. The number of fused-ring (bicyclic) bond motifs is 1. The molecule has 1 aromatic carbocycles. The Hall–Kier alpha value is -1.36. The van der Waals surface area contributed by atoms with Crippen LogP contribution in [0, 0.1) is 5.92 Å². The predicted molar refractivity (Wildman–Crippen MR) is 79.3 cm³/mol. The summed E-state index contributed by atoms with van der Waals surface area (Å²) in [7, 11) is 1.36. The van der Waals surface area contributed by atoms with Gasteiger partial charge in [0.1, 0.15) is 6.04 Å². The highest BCUT2D eigenvalue weighted by Gasteiger charge is 2.37. The number of nitrogens with zero attached hydrogens (tertiary/aromatic N) is 1. The molecule has 1 amide bonds. The first-order chi connectivity index (χ1) is 9.43. The van der Waals surface area contributed by atoms with Crippen molar-refractivity contribution >= 4 is 27.8 Å². The van der Waals surface area contributed by atoms with Crippen LogP contribution in [0.25, 0.3) is 0 Å². The number of carbonyl (C=O) groups excluding carboxylic acids is 2. The topological polar surface area (TPSA) is 46.6 Å². The number of carbonyl (C=O) groups is 2. The van der Waals surface area contributed by atoms with Crippen molar-refractivity contribution in [2.45, 2.75) is 32.9 Å². The standard InChI is InChI=1S/C15H18BrNO3/c1-9(2)6-13(15(19)20-3)17-8-10-7-11(16)4-5-12(10)14(17)18/h4-5,7,9,13H,6,8H2,1-3H3. The van der Waals surface area contributed by atoms with Crippen molar-refractivity contribution < 1.29 is 14.3 Å². The fourth-order valence-electron chi connectivity index (χ4n) is 2.50. The van der Waals surface area contributed by atoms with Gasteiger partial charge >= 0.3 is 5.97 Å². The second-order valence-electron chi connectivity index (χ2n) is 5.40. The summed E-state index contributed by atoms with van der Waals surface area (Å²) in [5.41, 5.74) is 1.62. The Morgan fingerprint density at radius 1 is 1.45 bits per heavy atom. The van der Waals surface area contributed by atoms with Crippen molar-refractivity contribution in [3.8, 4) is 0 Å². The van der Waals surface area contributed by atoms with Crippen molar-refractivity contribution in [1.82, 2.24) is 4.90 Å². The van der Waals surface area contributed by atoms with Gasteiger partial charge in [0.05, 0.1) is 7.11 Å². The van der Waals surface area contributed by atoms with Crippen LogP contribution < -0.4 is 0 Å². The summed E-state index contributed by atoms with van der Waals surface area (Å²) >= 11 is 3.40. The van der Waals surface area contributed by atoms with Gasteiger partial charge < -0.3 is 9.64 Å². The first-order valence-electron chi connectivity index (χ1n) is 6.61. The molecule has 0 fully saturated rings. The van der Waals surface area contributed by atoms with Crippen LogP contribution in [-0.2, 0) is 16.1 Å². The highest BCUT2D eigenvalue weighted by atomic mass is 79.9. The maximum Gasteiger partial charge on any atom is 0.328 e. The van der Waals surface area contributed by atoms with Crippen molar-refractivity contribution in [2.24, 2.45) is 5.92 Å². The first-order valence-corrected chi connectivity index (χ1v) is 7.40. The van der Waals surface area contributed by atoms with Crippen LogP contribution in [0.15, 0.2) is 22.7 Å².